The lowest BCUT2D eigenvalue weighted by Crippen LogP contribution is -1.97. The molecule has 0 bridgehead atoms. The molecule has 3 aromatic rings. The molecule has 0 saturated carbocycles. The topological polar surface area (TPSA) is 41.6 Å². The van der Waals surface area contributed by atoms with Crippen LogP contribution >= 0.6 is 0 Å². The van der Waals surface area contributed by atoms with Crippen molar-refractivity contribution in [2.45, 2.75) is 25.7 Å². The number of aryl methyl sites for hydroxylation is 2. The molecule has 0 aliphatic heterocycles. The van der Waals surface area contributed by atoms with Gasteiger partial charge in [-0.05, 0) is 37.0 Å². The number of pyridine rings is 1. The summed E-state index contributed by atoms with van der Waals surface area (Å²) in [6, 6.07) is 12.5. The van der Waals surface area contributed by atoms with E-state index in [9.17, 15) is 0 Å². The Morgan fingerprint density at radius 1 is 1.00 bits per heavy atom. The molecular formula is C20H19N3. The molecule has 0 saturated heterocycles. The van der Waals surface area contributed by atoms with Crippen molar-refractivity contribution in [1.82, 2.24) is 15.0 Å². The Balaban J connectivity index is 1.47. The molecule has 0 unspecified atom stereocenters. The first kappa shape index (κ1) is 13.9. The quantitative estimate of drug-likeness (QED) is 0.772. The van der Waals surface area contributed by atoms with E-state index in [2.05, 4.69) is 52.5 Å². The minimum Gasteiger partial charge on any atom is -0.342 e. The Morgan fingerprint density at radius 2 is 1.96 bits per heavy atom. The number of fused-ring (bicyclic) bond motifs is 1. The Bertz CT molecular complexity index is 887. The van der Waals surface area contributed by atoms with Crippen molar-refractivity contribution in [3.05, 3.63) is 78.0 Å². The summed E-state index contributed by atoms with van der Waals surface area (Å²) in [6.07, 6.45) is 12.6. The number of hydrogen-bond donors (Lipinski definition) is 1. The molecule has 1 N–H and O–H groups in total. The van der Waals surface area contributed by atoms with Crippen molar-refractivity contribution in [2.24, 2.45) is 0 Å². The number of benzene rings is 1. The van der Waals surface area contributed by atoms with Gasteiger partial charge in [0.05, 0.1) is 17.4 Å². The third kappa shape index (κ3) is 3.09. The maximum atomic E-state index is 4.72. The highest BCUT2D eigenvalue weighted by Crippen LogP contribution is 2.20. The molecule has 0 amide bonds. The fourth-order valence-corrected chi connectivity index (χ4v) is 2.94. The Labute approximate surface area is 135 Å². The molecule has 2 aromatic heterocycles. The first-order valence-corrected chi connectivity index (χ1v) is 8.14. The van der Waals surface area contributed by atoms with Crippen molar-refractivity contribution in [2.75, 3.05) is 0 Å². The molecule has 0 fully saturated rings. The average molecular weight is 301 g/mol. The van der Waals surface area contributed by atoms with E-state index in [-0.39, 0.29) is 0 Å². The SMILES string of the molecule is C1=CC(c2cnc(CCc3ccc4ccccc4n3)[nH]2)=CCC1. The van der Waals surface area contributed by atoms with Crippen LogP contribution in [0.4, 0.5) is 0 Å². The zero-order valence-corrected chi connectivity index (χ0v) is 13.0. The van der Waals surface area contributed by atoms with Crippen LogP contribution < -0.4 is 0 Å². The molecule has 3 heteroatoms. The number of nitrogens with zero attached hydrogens (tertiary/aromatic N) is 2. The van der Waals surface area contributed by atoms with Crippen molar-refractivity contribution < 1.29 is 0 Å². The summed E-state index contributed by atoms with van der Waals surface area (Å²) in [5.74, 6) is 1.02. The number of nitrogens with one attached hydrogen (secondary N) is 1. The van der Waals surface area contributed by atoms with E-state index in [1.165, 1.54) is 11.0 Å². The zero-order valence-electron chi connectivity index (χ0n) is 13.0. The van der Waals surface area contributed by atoms with Crippen LogP contribution in [0.5, 0.6) is 0 Å². The van der Waals surface area contributed by atoms with Crippen LogP contribution in [0.3, 0.4) is 0 Å². The van der Waals surface area contributed by atoms with Gasteiger partial charge in [0.2, 0.25) is 0 Å². The van der Waals surface area contributed by atoms with E-state index in [1.54, 1.807) is 0 Å². The van der Waals surface area contributed by atoms with Gasteiger partial charge < -0.3 is 4.98 Å². The summed E-state index contributed by atoms with van der Waals surface area (Å²) in [6.45, 7) is 0. The Kier molecular flexibility index (Phi) is 3.76. The van der Waals surface area contributed by atoms with E-state index < -0.39 is 0 Å². The molecule has 0 spiro atoms. The summed E-state index contributed by atoms with van der Waals surface area (Å²) in [7, 11) is 0. The van der Waals surface area contributed by atoms with Crippen molar-refractivity contribution in [3.8, 4) is 0 Å². The van der Waals surface area contributed by atoms with Gasteiger partial charge in [-0.25, -0.2) is 4.98 Å². The predicted molar refractivity (Wildman–Crippen MR) is 94.1 cm³/mol. The highest BCUT2D eigenvalue weighted by Gasteiger charge is 2.06. The molecule has 1 aliphatic rings. The number of para-hydroxylation sites is 1. The second-order valence-electron chi connectivity index (χ2n) is 5.88. The van der Waals surface area contributed by atoms with Crippen LogP contribution in [-0.4, -0.2) is 15.0 Å². The van der Waals surface area contributed by atoms with Gasteiger partial charge in [0.15, 0.2) is 0 Å². The molecule has 114 valence electrons. The smallest absolute Gasteiger partial charge is 0.106 e. The lowest BCUT2D eigenvalue weighted by atomic mass is 10.1. The number of aromatic amines is 1. The average Bonchev–Trinajstić information content (AvgIpc) is 3.10. The van der Waals surface area contributed by atoms with Crippen molar-refractivity contribution in [3.63, 3.8) is 0 Å². The van der Waals surface area contributed by atoms with E-state index in [4.69, 9.17) is 4.98 Å². The zero-order chi connectivity index (χ0) is 15.5. The summed E-state index contributed by atoms with van der Waals surface area (Å²) < 4.78 is 0. The van der Waals surface area contributed by atoms with Crippen molar-refractivity contribution >= 4 is 16.5 Å². The summed E-state index contributed by atoms with van der Waals surface area (Å²) in [5.41, 5.74) is 4.53. The molecule has 0 radical (unpaired) electrons. The van der Waals surface area contributed by atoms with Gasteiger partial charge in [-0.3, -0.25) is 4.98 Å². The Morgan fingerprint density at radius 3 is 2.87 bits per heavy atom. The number of aromatic nitrogens is 3. The van der Waals surface area contributed by atoms with Gasteiger partial charge in [-0.1, -0.05) is 42.5 Å². The largest absolute Gasteiger partial charge is 0.342 e. The standard InChI is InChI=1S/C20H19N3/c1-2-6-15(7-3-1)19-14-21-20(23-19)13-12-17-11-10-16-8-4-5-9-18(16)22-17/h2,4-11,14H,1,3,12-13H2,(H,21,23). The van der Waals surface area contributed by atoms with Crippen LogP contribution in [0, 0.1) is 0 Å². The second-order valence-corrected chi connectivity index (χ2v) is 5.88. The van der Waals surface area contributed by atoms with Crippen LogP contribution in [0.25, 0.3) is 16.5 Å². The van der Waals surface area contributed by atoms with Gasteiger partial charge in [-0.15, -0.1) is 0 Å². The highest BCUT2D eigenvalue weighted by molar-refractivity contribution is 5.78. The number of rotatable bonds is 4. The summed E-state index contributed by atoms with van der Waals surface area (Å²) in [5, 5.41) is 1.19. The number of imidazole rings is 1. The highest BCUT2D eigenvalue weighted by atomic mass is 14.9. The van der Waals surface area contributed by atoms with E-state index in [0.29, 0.717) is 0 Å². The van der Waals surface area contributed by atoms with E-state index >= 15 is 0 Å². The van der Waals surface area contributed by atoms with E-state index in [1.807, 2.05) is 18.3 Å². The Hall–Kier alpha value is -2.68. The van der Waals surface area contributed by atoms with Crippen LogP contribution in [-0.2, 0) is 12.8 Å². The van der Waals surface area contributed by atoms with E-state index in [0.717, 1.165) is 48.4 Å². The monoisotopic (exact) mass is 301 g/mol. The maximum absolute atomic E-state index is 4.72. The van der Waals surface area contributed by atoms with Gasteiger partial charge >= 0.3 is 0 Å². The third-order valence-electron chi connectivity index (χ3n) is 4.21. The molecule has 4 rings (SSSR count). The summed E-state index contributed by atoms with van der Waals surface area (Å²) in [4.78, 5) is 12.7. The fourth-order valence-electron chi connectivity index (χ4n) is 2.94. The molecular weight excluding hydrogens is 282 g/mol. The normalized spacial score (nSPS) is 14.2. The van der Waals surface area contributed by atoms with Crippen LogP contribution in [0.2, 0.25) is 0 Å². The third-order valence-corrected chi connectivity index (χ3v) is 4.21. The van der Waals surface area contributed by atoms with Crippen LogP contribution in [0.1, 0.15) is 30.1 Å². The first-order valence-electron chi connectivity index (χ1n) is 8.14. The number of H-pyrrole nitrogens is 1. The van der Waals surface area contributed by atoms with Gasteiger partial charge in [0.25, 0.3) is 0 Å². The predicted octanol–water partition coefficient (Wildman–Crippen LogP) is 4.48. The van der Waals surface area contributed by atoms with Crippen LogP contribution in [0.15, 0.2) is 60.8 Å². The molecule has 3 nitrogen and oxygen atoms in total. The minimum absolute atomic E-state index is 0.877. The maximum Gasteiger partial charge on any atom is 0.106 e. The minimum atomic E-state index is 0.877. The molecule has 23 heavy (non-hydrogen) atoms. The molecule has 1 aromatic carbocycles. The number of hydrogen-bond acceptors (Lipinski definition) is 2. The van der Waals surface area contributed by atoms with Crippen molar-refractivity contribution in [1.29, 1.82) is 0 Å². The van der Waals surface area contributed by atoms with Gasteiger partial charge in [0.1, 0.15) is 5.82 Å². The number of allylic oxidation sites excluding steroid dienone is 4. The molecule has 0 atom stereocenters. The second kappa shape index (κ2) is 6.21. The lowest BCUT2D eigenvalue weighted by Gasteiger charge is -2.04. The lowest BCUT2D eigenvalue weighted by molar-refractivity contribution is 0.860. The fraction of sp³-hybridized carbons (Fsp3) is 0.200. The first-order chi connectivity index (χ1) is 11.4. The van der Waals surface area contributed by atoms with Gasteiger partial charge in [0, 0.05) is 17.5 Å². The summed E-state index contributed by atoms with van der Waals surface area (Å²) >= 11 is 0. The molecule has 1 aliphatic carbocycles. The van der Waals surface area contributed by atoms with Gasteiger partial charge in [-0.2, -0.15) is 0 Å². The molecule has 2 heterocycles.